The summed E-state index contributed by atoms with van der Waals surface area (Å²) in [6.07, 6.45) is 6.17. The molecule has 0 radical (unpaired) electrons. The summed E-state index contributed by atoms with van der Waals surface area (Å²) in [7, 11) is 0. The maximum absolute atomic E-state index is 13.5. The Hall–Kier alpha value is -2.11. The fourth-order valence-corrected chi connectivity index (χ4v) is 5.89. The number of amides is 1. The number of piperidine rings is 2. The van der Waals surface area contributed by atoms with Gasteiger partial charge in [-0.05, 0) is 86.7 Å². The number of hydrogen-bond donors (Lipinski definition) is 0. The van der Waals surface area contributed by atoms with E-state index < -0.39 is 0 Å². The molecule has 2 aromatic carbocycles. The van der Waals surface area contributed by atoms with E-state index in [2.05, 4.69) is 21.9 Å². The van der Waals surface area contributed by atoms with Crippen LogP contribution in [0.4, 0.5) is 15.8 Å². The van der Waals surface area contributed by atoms with Crippen LogP contribution in [-0.4, -0.2) is 54.5 Å². The van der Waals surface area contributed by atoms with Gasteiger partial charge < -0.3 is 14.7 Å². The number of likely N-dealkylation sites (tertiary alicyclic amines) is 2. The number of hydrogen-bond acceptors (Lipinski definition) is 3. The Morgan fingerprint density at radius 1 is 1.00 bits per heavy atom. The molecule has 32 heavy (non-hydrogen) atoms. The van der Waals surface area contributed by atoms with Gasteiger partial charge in [-0.15, -0.1) is 0 Å². The largest absolute Gasteiger partial charge is 0.343 e. The molecule has 170 valence electrons. The van der Waals surface area contributed by atoms with Crippen LogP contribution in [0.1, 0.15) is 50.0 Å². The summed E-state index contributed by atoms with van der Waals surface area (Å²) in [6.45, 7) is 4.97. The minimum atomic E-state index is -0.207. The molecule has 0 spiro atoms. The van der Waals surface area contributed by atoms with E-state index in [-0.39, 0.29) is 5.82 Å². The standard InChI is InChI=1S/C26H31ClFN3O/c27-19-6-11-24-22(17-19)23-18-29(13-3-4-15-30-14-2-1-5-26(30)32)16-12-25(23)31(24)21-9-7-20(28)8-10-21/h6-11,17,23,25H,1-5,12-16,18H2/t23-,25+/m0/s1. The number of rotatable bonds is 6. The van der Waals surface area contributed by atoms with Gasteiger partial charge in [0.1, 0.15) is 5.82 Å². The molecule has 0 saturated carbocycles. The number of halogens is 2. The second-order valence-electron chi connectivity index (χ2n) is 9.36. The van der Waals surface area contributed by atoms with Gasteiger partial charge in [0.15, 0.2) is 0 Å². The third kappa shape index (κ3) is 4.38. The lowest BCUT2D eigenvalue weighted by Gasteiger charge is -2.39. The first-order valence-electron chi connectivity index (χ1n) is 11.9. The highest BCUT2D eigenvalue weighted by atomic mass is 35.5. The molecule has 0 aromatic heterocycles. The Bertz CT molecular complexity index is 966. The summed E-state index contributed by atoms with van der Waals surface area (Å²) in [5.41, 5.74) is 3.54. The molecule has 6 heteroatoms. The smallest absolute Gasteiger partial charge is 0.222 e. The molecule has 0 N–H and O–H groups in total. The van der Waals surface area contributed by atoms with Crippen molar-refractivity contribution >= 4 is 28.9 Å². The number of nitrogens with zero attached hydrogens (tertiary/aromatic N) is 3. The van der Waals surface area contributed by atoms with E-state index in [0.717, 1.165) is 82.0 Å². The zero-order chi connectivity index (χ0) is 22.1. The minimum absolute atomic E-state index is 0.207. The number of carbonyl (C=O) groups is 1. The Kier molecular flexibility index (Phi) is 6.38. The molecule has 4 nitrogen and oxygen atoms in total. The second-order valence-corrected chi connectivity index (χ2v) is 9.79. The monoisotopic (exact) mass is 455 g/mol. The van der Waals surface area contributed by atoms with Crippen molar-refractivity contribution in [3.8, 4) is 0 Å². The maximum Gasteiger partial charge on any atom is 0.222 e. The highest BCUT2D eigenvalue weighted by molar-refractivity contribution is 6.30. The van der Waals surface area contributed by atoms with Crippen LogP contribution in [0.2, 0.25) is 5.02 Å². The summed E-state index contributed by atoms with van der Waals surface area (Å²) in [6, 6.07) is 13.4. The Balaban J connectivity index is 1.24. The number of benzene rings is 2. The lowest BCUT2D eigenvalue weighted by Crippen LogP contribution is -2.45. The average Bonchev–Trinajstić information content (AvgIpc) is 3.11. The molecule has 1 amide bonds. The van der Waals surface area contributed by atoms with Gasteiger partial charge in [-0.1, -0.05) is 11.6 Å². The summed E-state index contributed by atoms with van der Waals surface area (Å²) in [5.74, 6) is 0.519. The first kappa shape index (κ1) is 21.7. The zero-order valence-electron chi connectivity index (χ0n) is 18.5. The lowest BCUT2D eigenvalue weighted by atomic mass is 9.89. The van der Waals surface area contributed by atoms with Gasteiger partial charge in [0.2, 0.25) is 5.91 Å². The van der Waals surface area contributed by atoms with E-state index in [1.807, 2.05) is 23.1 Å². The van der Waals surface area contributed by atoms with Gasteiger partial charge in [-0.25, -0.2) is 4.39 Å². The van der Waals surface area contributed by atoms with E-state index in [9.17, 15) is 9.18 Å². The number of unbranched alkanes of at least 4 members (excludes halogenated alkanes) is 1. The molecule has 5 rings (SSSR count). The van der Waals surface area contributed by atoms with E-state index in [0.29, 0.717) is 17.9 Å². The highest BCUT2D eigenvalue weighted by Crippen LogP contribution is 2.49. The fourth-order valence-electron chi connectivity index (χ4n) is 5.71. The molecule has 3 heterocycles. The van der Waals surface area contributed by atoms with Crippen LogP contribution in [0, 0.1) is 5.82 Å². The third-order valence-electron chi connectivity index (χ3n) is 7.32. The molecular formula is C26H31ClFN3O. The predicted octanol–water partition coefficient (Wildman–Crippen LogP) is 5.58. The van der Waals surface area contributed by atoms with Gasteiger partial charge in [0.25, 0.3) is 0 Å². The Labute approximate surface area is 194 Å². The summed E-state index contributed by atoms with van der Waals surface area (Å²) < 4.78 is 13.5. The van der Waals surface area contributed by atoms with Crippen LogP contribution in [0.3, 0.4) is 0 Å². The van der Waals surface area contributed by atoms with Gasteiger partial charge in [0, 0.05) is 61.0 Å². The van der Waals surface area contributed by atoms with Gasteiger partial charge in [0.05, 0.1) is 0 Å². The van der Waals surface area contributed by atoms with Crippen molar-refractivity contribution in [2.75, 3.05) is 37.6 Å². The Morgan fingerprint density at radius 2 is 1.81 bits per heavy atom. The third-order valence-corrected chi connectivity index (χ3v) is 7.55. The van der Waals surface area contributed by atoms with E-state index in [1.165, 1.54) is 11.3 Å². The topological polar surface area (TPSA) is 26.8 Å². The average molecular weight is 456 g/mol. The zero-order valence-corrected chi connectivity index (χ0v) is 19.2. The predicted molar refractivity (Wildman–Crippen MR) is 127 cm³/mol. The summed E-state index contributed by atoms with van der Waals surface area (Å²) in [4.78, 5) is 19.0. The van der Waals surface area contributed by atoms with E-state index >= 15 is 0 Å². The summed E-state index contributed by atoms with van der Waals surface area (Å²) >= 11 is 6.38. The molecule has 0 bridgehead atoms. The quantitative estimate of drug-likeness (QED) is 0.532. The molecule has 0 unspecified atom stereocenters. The SMILES string of the molecule is O=C1CCCCN1CCCCN1CC[C@@H]2[C@@H](C1)c1cc(Cl)ccc1N2c1ccc(F)cc1. The van der Waals surface area contributed by atoms with Crippen LogP contribution in [0.15, 0.2) is 42.5 Å². The number of fused-ring (bicyclic) bond motifs is 3. The van der Waals surface area contributed by atoms with Gasteiger partial charge in [-0.2, -0.15) is 0 Å². The Morgan fingerprint density at radius 3 is 2.62 bits per heavy atom. The molecule has 3 aliphatic heterocycles. The fraction of sp³-hybridized carbons (Fsp3) is 0.500. The summed E-state index contributed by atoms with van der Waals surface area (Å²) in [5, 5.41) is 0.770. The van der Waals surface area contributed by atoms with Crippen molar-refractivity contribution in [3.63, 3.8) is 0 Å². The van der Waals surface area contributed by atoms with Crippen molar-refractivity contribution < 1.29 is 9.18 Å². The maximum atomic E-state index is 13.5. The van der Waals surface area contributed by atoms with Crippen molar-refractivity contribution in [3.05, 3.63) is 58.9 Å². The van der Waals surface area contributed by atoms with Crippen molar-refractivity contribution in [1.29, 1.82) is 0 Å². The molecular weight excluding hydrogens is 425 g/mol. The molecule has 0 aliphatic carbocycles. The van der Waals surface area contributed by atoms with Crippen LogP contribution < -0.4 is 4.90 Å². The molecule has 2 aromatic rings. The molecule has 2 atom stereocenters. The second kappa shape index (κ2) is 9.40. The number of anilines is 2. The van der Waals surface area contributed by atoms with Crippen LogP contribution in [0.5, 0.6) is 0 Å². The van der Waals surface area contributed by atoms with Crippen LogP contribution >= 0.6 is 11.6 Å². The number of carbonyl (C=O) groups excluding carboxylic acids is 1. The lowest BCUT2D eigenvalue weighted by molar-refractivity contribution is -0.133. The van der Waals surface area contributed by atoms with Crippen molar-refractivity contribution in [2.45, 2.75) is 50.5 Å². The molecule has 3 aliphatic rings. The molecule has 2 fully saturated rings. The van der Waals surface area contributed by atoms with E-state index in [1.54, 1.807) is 12.1 Å². The van der Waals surface area contributed by atoms with Crippen molar-refractivity contribution in [1.82, 2.24) is 9.80 Å². The molecule has 2 saturated heterocycles. The minimum Gasteiger partial charge on any atom is -0.343 e. The van der Waals surface area contributed by atoms with E-state index in [4.69, 9.17) is 11.6 Å². The van der Waals surface area contributed by atoms with Crippen LogP contribution in [-0.2, 0) is 4.79 Å². The first-order chi connectivity index (χ1) is 15.6. The van der Waals surface area contributed by atoms with Crippen LogP contribution in [0.25, 0.3) is 0 Å². The van der Waals surface area contributed by atoms with Gasteiger partial charge in [-0.3, -0.25) is 4.79 Å². The van der Waals surface area contributed by atoms with Gasteiger partial charge >= 0.3 is 0 Å². The normalized spacial score (nSPS) is 23.4. The van der Waals surface area contributed by atoms with Crippen molar-refractivity contribution in [2.24, 2.45) is 0 Å². The highest BCUT2D eigenvalue weighted by Gasteiger charge is 2.42. The first-order valence-corrected chi connectivity index (χ1v) is 12.3.